The van der Waals surface area contributed by atoms with Gasteiger partial charge in [0.05, 0.1) is 11.9 Å². The van der Waals surface area contributed by atoms with Crippen LogP contribution in [0.2, 0.25) is 0 Å². The highest BCUT2D eigenvalue weighted by atomic mass is 19.1. The van der Waals surface area contributed by atoms with Gasteiger partial charge in [0.2, 0.25) is 0 Å². The van der Waals surface area contributed by atoms with E-state index < -0.39 is 0 Å². The first-order chi connectivity index (χ1) is 7.66. The lowest BCUT2D eigenvalue weighted by molar-refractivity contribution is 0.100. The minimum atomic E-state index is -0.367. The summed E-state index contributed by atoms with van der Waals surface area (Å²) >= 11 is 0. The summed E-state index contributed by atoms with van der Waals surface area (Å²) in [6.07, 6.45) is 4.54. The molecule has 0 fully saturated rings. The Hall–Kier alpha value is -1.97. The first-order valence-electron chi connectivity index (χ1n) is 4.92. The number of rotatable bonds is 3. The Morgan fingerprint density at radius 3 is 3.00 bits per heavy atom. The van der Waals surface area contributed by atoms with Gasteiger partial charge < -0.3 is 4.57 Å². The molecule has 0 atom stereocenters. The maximum atomic E-state index is 12.9. The molecular weight excluding hydrogens is 207 g/mol. The predicted molar refractivity (Wildman–Crippen MR) is 57.7 cm³/mol. The maximum Gasteiger partial charge on any atom is 0.176 e. The van der Waals surface area contributed by atoms with Gasteiger partial charge in [0.1, 0.15) is 5.82 Å². The van der Waals surface area contributed by atoms with E-state index in [9.17, 15) is 9.18 Å². The molecule has 2 aromatic heterocycles. The van der Waals surface area contributed by atoms with E-state index >= 15 is 0 Å². The summed E-state index contributed by atoms with van der Waals surface area (Å²) in [5.41, 5.74) is 1.35. The van der Waals surface area contributed by atoms with E-state index in [1.807, 2.05) is 0 Å². The number of hydrogen-bond acceptors (Lipinski definition) is 2. The molecule has 4 heteroatoms. The number of aromatic nitrogens is 2. The zero-order valence-electron chi connectivity index (χ0n) is 8.85. The molecule has 2 aromatic rings. The summed E-state index contributed by atoms with van der Waals surface area (Å²) in [5.74, 6) is -0.372. The molecule has 0 N–H and O–H groups in total. The van der Waals surface area contributed by atoms with E-state index in [4.69, 9.17) is 0 Å². The third-order valence-corrected chi connectivity index (χ3v) is 2.30. The van der Waals surface area contributed by atoms with Gasteiger partial charge in [-0.3, -0.25) is 9.78 Å². The van der Waals surface area contributed by atoms with E-state index in [1.165, 1.54) is 13.0 Å². The average Bonchev–Trinajstić information content (AvgIpc) is 2.66. The number of carbonyl (C=O) groups excluding carboxylic acids is 1. The van der Waals surface area contributed by atoms with Crippen LogP contribution in [0.1, 0.15) is 23.0 Å². The van der Waals surface area contributed by atoms with E-state index in [-0.39, 0.29) is 11.6 Å². The highest BCUT2D eigenvalue weighted by Gasteiger charge is 2.06. The molecule has 0 aliphatic rings. The van der Waals surface area contributed by atoms with E-state index in [0.29, 0.717) is 12.2 Å². The number of carbonyl (C=O) groups is 1. The Morgan fingerprint density at radius 2 is 2.31 bits per heavy atom. The van der Waals surface area contributed by atoms with Gasteiger partial charge in [-0.2, -0.15) is 0 Å². The van der Waals surface area contributed by atoms with Crippen LogP contribution in [-0.2, 0) is 6.54 Å². The third kappa shape index (κ3) is 2.16. The van der Waals surface area contributed by atoms with Crippen molar-refractivity contribution in [1.82, 2.24) is 9.55 Å². The van der Waals surface area contributed by atoms with Crippen molar-refractivity contribution in [3.05, 3.63) is 53.9 Å². The topological polar surface area (TPSA) is 34.9 Å². The fourth-order valence-electron chi connectivity index (χ4n) is 1.61. The quantitative estimate of drug-likeness (QED) is 0.741. The molecular formula is C12H11FN2O. The molecule has 3 nitrogen and oxygen atoms in total. The van der Waals surface area contributed by atoms with Crippen molar-refractivity contribution in [2.75, 3.05) is 0 Å². The van der Waals surface area contributed by atoms with E-state index in [2.05, 4.69) is 4.98 Å². The summed E-state index contributed by atoms with van der Waals surface area (Å²) in [7, 11) is 0. The Kier molecular flexibility index (Phi) is 2.81. The van der Waals surface area contributed by atoms with Gasteiger partial charge in [0, 0.05) is 25.9 Å². The second-order valence-electron chi connectivity index (χ2n) is 3.59. The van der Waals surface area contributed by atoms with Crippen molar-refractivity contribution in [3.63, 3.8) is 0 Å². The first-order valence-corrected chi connectivity index (χ1v) is 4.92. The number of ketones is 1. The SMILES string of the molecule is CC(=O)c1cccn1Cc1cncc(F)c1. The molecule has 0 amide bonds. The summed E-state index contributed by atoms with van der Waals surface area (Å²) in [5, 5.41) is 0. The summed E-state index contributed by atoms with van der Waals surface area (Å²) in [6.45, 7) is 1.96. The molecule has 0 radical (unpaired) electrons. The lowest BCUT2D eigenvalue weighted by Gasteiger charge is -2.06. The lowest BCUT2D eigenvalue weighted by atomic mass is 10.2. The van der Waals surface area contributed by atoms with Crippen LogP contribution in [0.25, 0.3) is 0 Å². The lowest BCUT2D eigenvalue weighted by Crippen LogP contribution is -2.07. The molecule has 0 bridgehead atoms. The van der Waals surface area contributed by atoms with Crippen LogP contribution >= 0.6 is 0 Å². The summed E-state index contributed by atoms with van der Waals surface area (Å²) in [6, 6.07) is 4.95. The van der Waals surface area contributed by atoms with Crippen LogP contribution < -0.4 is 0 Å². The molecule has 0 aromatic carbocycles. The average molecular weight is 218 g/mol. The van der Waals surface area contributed by atoms with Crippen LogP contribution in [0.4, 0.5) is 4.39 Å². The van der Waals surface area contributed by atoms with Gasteiger partial charge in [-0.25, -0.2) is 4.39 Å². The highest BCUT2D eigenvalue weighted by molar-refractivity contribution is 5.92. The third-order valence-electron chi connectivity index (χ3n) is 2.30. The number of hydrogen-bond donors (Lipinski definition) is 0. The molecule has 0 aliphatic heterocycles. The monoisotopic (exact) mass is 218 g/mol. The van der Waals surface area contributed by atoms with Crippen LogP contribution in [-0.4, -0.2) is 15.3 Å². The van der Waals surface area contributed by atoms with Crippen LogP contribution in [0, 0.1) is 5.82 Å². The molecule has 0 saturated carbocycles. The van der Waals surface area contributed by atoms with Gasteiger partial charge in [0.25, 0.3) is 0 Å². The molecule has 16 heavy (non-hydrogen) atoms. The molecule has 0 aliphatic carbocycles. The molecule has 0 unspecified atom stereocenters. The Labute approximate surface area is 92.5 Å². The Morgan fingerprint density at radius 1 is 1.50 bits per heavy atom. The van der Waals surface area contributed by atoms with Crippen LogP contribution in [0.5, 0.6) is 0 Å². The molecule has 2 heterocycles. The standard InChI is InChI=1S/C12H11FN2O/c1-9(16)12-3-2-4-15(12)8-10-5-11(13)7-14-6-10/h2-7H,8H2,1H3. The van der Waals surface area contributed by atoms with E-state index in [1.54, 1.807) is 29.1 Å². The first kappa shape index (κ1) is 10.5. The molecule has 0 spiro atoms. The predicted octanol–water partition coefficient (Wildman–Crippen LogP) is 2.27. The number of nitrogens with zero attached hydrogens (tertiary/aromatic N) is 2. The largest absolute Gasteiger partial charge is 0.341 e. The van der Waals surface area contributed by atoms with Crippen molar-refractivity contribution in [2.24, 2.45) is 0 Å². The normalized spacial score (nSPS) is 10.4. The molecule has 0 saturated heterocycles. The smallest absolute Gasteiger partial charge is 0.176 e. The van der Waals surface area contributed by atoms with Gasteiger partial charge in [-0.1, -0.05) is 0 Å². The molecule has 82 valence electrons. The fourth-order valence-corrected chi connectivity index (χ4v) is 1.61. The van der Waals surface area contributed by atoms with Gasteiger partial charge >= 0.3 is 0 Å². The van der Waals surface area contributed by atoms with E-state index in [0.717, 1.165) is 11.8 Å². The summed E-state index contributed by atoms with van der Waals surface area (Å²) in [4.78, 5) is 15.0. The number of halogens is 1. The van der Waals surface area contributed by atoms with Crippen molar-refractivity contribution in [1.29, 1.82) is 0 Å². The highest BCUT2D eigenvalue weighted by Crippen LogP contribution is 2.08. The van der Waals surface area contributed by atoms with Crippen LogP contribution in [0.15, 0.2) is 36.8 Å². The van der Waals surface area contributed by atoms with Crippen molar-refractivity contribution in [2.45, 2.75) is 13.5 Å². The fraction of sp³-hybridized carbons (Fsp3) is 0.167. The minimum Gasteiger partial charge on any atom is -0.341 e. The van der Waals surface area contributed by atoms with Crippen molar-refractivity contribution < 1.29 is 9.18 Å². The number of Topliss-reactive ketones (excluding diaryl/α,β-unsaturated/α-hetero) is 1. The minimum absolute atomic E-state index is 0.00522. The van der Waals surface area contributed by atoms with Gasteiger partial charge in [0.15, 0.2) is 5.78 Å². The zero-order valence-corrected chi connectivity index (χ0v) is 8.85. The Balaban J connectivity index is 2.27. The number of pyridine rings is 1. The second kappa shape index (κ2) is 4.26. The zero-order chi connectivity index (χ0) is 11.5. The van der Waals surface area contributed by atoms with Crippen LogP contribution in [0.3, 0.4) is 0 Å². The maximum absolute atomic E-state index is 12.9. The van der Waals surface area contributed by atoms with Gasteiger partial charge in [-0.15, -0.1) is 0 Å². The van der Waals surface area contributed by atoms with Crippen molar-refractivity contribution >= 4 is 5.78 Å². The van der Waals surface area contributed by atoms with Crippen molar-refractivity contribution in [3.8, 4) is 0 Å². The second-order valence-corrected chi connectivity index (χ2v) is 3.59. The van der Waals surface area contributed by atoms with Gasteiger partial charge in [-0.05, 0) is 23.8 Å². The molecule has 2 rings (SSSR count). The Bertz CT molecular complexity index is 519. The summed E-state index contributed by atoms with van der Waals surface area (Å²) < 4.78 is 14.7.